The molecule has 1 aromatic carbocycles. The van der Waals surface area contributed by atoms with Gasteiger partial charge in [0.2, 0.25) is 0 Å². The lowest BCUT2D eigenvalue weighted by molar-refractivity contribution is -0.137. The number of tetrazole rings is 1. The average Bonchev–Trinajstić information content (AvgIpc) is 2.92. The van der Waals surface area contributed by atoms with Gasteiger partial charge in [0.15, 0.2) is 5.82 Å². The summed E-state index contributed by atoms with van der Waals surface area (Å²) in [5, 5.41) is 14.7. The van der Waals surface area contributed by atoms with Crippen LogP contribution in [0.2, 0.25) is 0 Å². The molecule has 0 fully saturated rings. The van der Waals surface area contributed by atoms with Gasteiger partial charge in [0.05, 0.1) is 18.2 Å². The molecule has 1 heterocycles. The average molecular weight is 313 g/mol. The van der Waals surface area contributed by atoms with E-state index >= 15 is 0 Å². The molecule has 8 heteroatoms. The van der Waals surface area contributed by atoms with Gasteiger partial charge in [-0.3, -0.25) is 0 Å². The number of aromatic nitrogens is 4. The molecule has 1 atom stereocenters. The molecule has 0 spiro atoms. The molecule has 0 bridgehead atoms. The molecule has 2 rings (SSSR count). The van der Waals surface area contributed by atoms with Crippen LogP contribution >= 0.6 is 0 Å². The zero-order valence-electron chi connectivity index (χ0n) is 12.6. The number of nitrogens with zero attached hydrogens (tertiary/aromatic N) is 4. The highest BCUT2D eigenvalue weighted by atomic mass is 19.4. The normalized spacial score (nSPS) is 13.6. The van der Waals surface area contributed by atoms with Crippen molar-refractivity contribution in [2.24, 2.45) is 0 Å². The fraction of sp³-hybridized carbons (Fsp3) is 0.500. The maximum atomic E-state index is 12.5. The molecule has 22 heavy (non-hydrogen) atoms. The van der Waals surface area contributed by atoms with Crippen LogP contribution in [0.4, 0.5) is 13.2 Å². The van der Waals surface area contributed by atoms with E-state index in [0.29, 0.717) is 12.4 Å². The molecule has 1 aromatic heterocycles. The lowest BCUT2D eigenvalue weighted by atomic mass is 10.1. The largest absolute Gasteiger partial charge is 0.416 e. The summed E-state index contributed by atoms with van der Waals surface area (Å²) in [5.41, 5.74) is 0.128. The van der Waals surface area contributed by atoms with Gasteiger partial charge in [-0.05, 0) is 48.9 Å². The molecule has 0 unspecified atom stereocenters. The van der Waals surface area contributed by atoms with Crippen LogP contribution in [0.1, 0.15) is 49.8 Å². The minimum atomic E-state index is -4.31. The monoisotopic (exact) mass is 313 g/mol. The van der Waals surface area contributed by atoms with E-state index in [-0.39, 0.29) is 12.1 Å². The molecular formula is C14H18F3N5. The Hall–Kier alpha value is -1.96. The van der Waals surface area contributed by atoms with Crippen LogP contribution in [0.5, 0.6) is 0 Å². The van der Waals surface area contributed by atoms with Crippen LogP contribution in [0.25, 0.3) is 0 Å². The van der Waals surface area contributed by atoms with Crippen molar-refractivity contribution in [3.05, 3.63) is 41.2 Å². The molecule has 0 aliphatic rings. The first-order valence-electron chi connectivity index (χ1n) is 6.96. The van der Waals surface area contributed by atoms with Gasteiger partial charge in [-0.1, -0.05) is 12.1 Å². The minimum absolute atomic E-state index is 0.111. The summed E-state index contributed by atoms with van der Waals surface area (Å²) in [5.74, 6) is 0.689. The summed E-state index contributed by atoms with van der Waals surface area (Å²) in [4.78, 5) is 0. The van der Waals surface area contributed by atoms with Crippen LogP contribution in [0, 0.1) is 0 Å². The highest BCUT2D eigenvalue weighted by Gasteiger charge is 2.30. The van der Waals surface area contributed by atoms with Gasteiger partial charge in [-0.15, -0.1) is 5.10 Å². The fourth-order valence-electron chi connectivity index (χ4n) is 2.05. The molecule has 0 saturated carbocycles. The van der Waals surface area contributed by atoms with Gasteiger partial charge in [0, 0.05) is 6.04 Å². The molecule has 0 amide bonds. The Labute approximate surface area is 126 Å². The number of rotatable bonds is 5. The van der Waals surface area contributed by atoms with E-state index in [1.807, 2.05) is 20.8 Å². The highest BCUT2D eigenvalue weighted by Crippen LogP contribution is 2.29. The molecule has 0 aliphatic heterocycles. The van der Waals surface area contributed by atoms with E-state index in [2.05, 4.69) is 20.8 Å². The minimum Gasteiger partial charge on any atom is -0.303 e. The van der Waals surface area contributed by atoms with E-state index < -0.39 is 11.7 Å². The molecule has 0 saturated heterocycles. The lowest BCUT2D eigenvalue weighted by Gasteiger charge is -2.15. The Morgan fingerprint density at radius 1 is 1.14 bits per heavy atom. The molecule has 0 radical (unpaired) electrons. The predicted molar refractivity (Wildman–Crippen MR) is 74.9 cm³/mol. The van der Waals surface area contributed by atoms with Crippen molar-refractivity contribution in [3.63, 3.8) is 0 Å². The Balaban J connectivity index is 2.00. The zero-order chi connectivity index (χ0) is 16.3. The summed E-state index contributed by atoms with van der Waals surface area (Å²) in [7, 11) is 0. The molecule has 5 nitrogen and oxygen atoms in total. The smallest absolute Gasteiger partial charge is 0.303 e. The number of nitrogens with one attached hydrogen (secondary N) is 1. The third kappa shape index (κ3) is 3.82. The van der Waals surface area contributed by atoms with E-state index in [9.17, 15) is 13.2 Å². The van der Waals surface area contributed by atoms with Crippen molar-refractivity contribution < 1.29 is 13.2 Å². The number of alkyl halides is 3. The van der Waals surface area contributed by atoms with Gasteiger partial charge in [0.25, 0.3) is 0 Å². The van der Waals surface area contributed by atoms with Crippen molar-refractivity contribution in [1.29, 1.82) is 0 Å². The Morgan fingerprint density at radius 3 is 2.32 bits per heavy atom. The first-order chi connectivity index (χ1) is 10.3. The highest BCUT2D eigenvalue weighted by molar-refractivity contribution is 5.26. The first kappa shape index (κ1) is 16.4. The van der Waals surface area contributed by atoms with Crippen LogP contribution in [-0.4, -0.2) is 20.2 Å². The maximum absolute atomic E-state index is 12.5. The van der Waals surface area contributed by atoms with Gasteiger partial charge in [-0.25, -0.2) is 4.68 Å². The van der Waals surface area contributed by atoms with E-state index in [0.717, 1.165) is 17.7 Å². The standard InChI is InChI=1S/C14H18F3N5/c1-9(2)22-13(19-20-21-22)8-18-10(3)11-4-6-12(7-5-11)14(15,16)17/h4-7,9-10,18H,8H2,1-3H3/t10-/m0/s1. The maximum Gasteiger partial charge on any atom is 0.416 e. The van der Waals surface area contributed by atoms with Crippen LogP contribution in [0.3, 0.4) is 0 Å². The summed E-state index contributed by atoms with van der Waals surface area (Å²) in [6.07, 6.45) is -4.31. The second-order valence-corrected chi connectivity index (χ2v) is 5.36. The first-order valence-corrected chi connectivity index (χ1v) is 6.96. The molecule has 120 valence electrons. The van der Waals surface area contributed by atoms with Crippen LogP contribution in [-0.2, 0) is 12.7 Å². The molecule has 2 aromatic rings. The predicted octanol–water partition coefficient (Wildman–Crippen LogP) is 3.12. The van der Waals surface area contributed by atoms with E-state index in [1.54, 1.807) is 4.68 Å². The van der Waals surface area contributed by atoms with Crippen molar-refractivity contribution in [1.82, 2.24) is 25.5 Å². The summed E-state index contributed by atoms with van der Waals surface area (Å²) < 4.78 is 39.3. The molecule has 0 aliphatic carbocycles. The van der Waals surface area contributed by atoms with Gasteiger partial charge >= 0.3 is 6.18 Å². The number of hydrogen-bond acceptors (Lipinski definition) is 4. The van der Waals surface area contributed by atoms with Crippen molar-refractivity contribution in [2.75, 3.05) is 0 Å². The summed E-state index contributed by atoms with van der Waals surface area (Å²) >= 11 is 0. The second kappa shape index (κ2) is 6.43. The zero-order valence-corrected chi connectivity index (χ0v) is 12.6. The Kier molecular flexibility index (Phi) is 4.80. The van der Waals surface area contributed by atoms with Gasteiger partial charge in [-0.2, -0.15) is 13.2 Å². The quantitative estimate of drug-likeness (QED) is 0.921. The van der Waals surface area contributed by atoms with Crippen molar-refractivity contribution in [2.45, 2.75) is 45.6 Å². The van der Waals surface area contributed by atoms with Gasteiger partial charge in [0.1, 0.15) is 0 Å². The van der Waals surface area contributed by atoms with E-state index in [1.165, 1.54) is 12.1 Å². The number of halogens is 3. The third-order valence-corrected chi connectivity index (χ3v) is 3.35. The Morgan fingerprint density at radius 2 is 1.77 bits per heavy atom. The summed E-state index contributed by atoms with van der Waals surface area (Å²) in [6, 6.07) is 5.17. The number of hydrogen-bond donors (Lipinski definition) is 1. The third-order valence-electron chi connectivity index (χ3n) is 3.35. The SMILES string of the molecule is CC(C)n1nnnc1CN[C@@H](C)c1ccc(C(F)(F)F)cc1. The van der Waals surface area contributed by atoms with Crippen molar-refractivity contribution >= 4 is 0 Å². The fourth-order valence-corrected chi connectivity index (χ4v) is 2.05. The van der Waals surface area contributed by atoms with Crippen molar-refractivity contribution in [3.8, 4) is 0 Å². The van der Waals surface area contributed by atoms with Crippen LogP contribution in [0.15, 0.2) is 24.3 Å². The Bertz CT molecular complexity index is 604. The van der Waals surface area contributed by atoms with Crippen LogP contribution < -0.4 is 5.32 Å². The number of benzene rings is 1. The lowest BCUT2D eigenvalue weighted by Crippen LogP contribution is -2.21. The van der Waals surface area contributed by atoms with Gasteiger partial charge < -0.3 is 5.32 Å². The summed E-state index contributed by atoms with van der Waals surface area (Å²) in [6.45, 7) is 6.26. The van der Waals surface area contributed by atoms with E-state index in [4.69, 9.17) is 0 Å². The topological polar surface area (TPSA) is 55.6 Å². The molecular weight excluding hydrogens is 295 g/mol. The molecule has 1 N–H and O–H groups in total. The second-order valence-electron chi connectivity index (χ2n) is 5.36.